The zero-order valence-electron chi connectivity index (χ0n) is 16.3. The van der Waals surface area contributed by atoms with Crippen LogP contribution in [0.2, 0.25) is 0 Å². The molecular weight excluding hydrogens is 414 g/mol. The molecule has 0 fully saturated rings. The molecule has 152 valence electrons. The van der Waals surface area contributed by atoms with Crippen LogP contribution < -0.4 is 14.9 Å². The molecule has 0 N–H and O–H groups in total. The predicted molar refractivity (Wildman–Crippen MR) is 119 cm³/mol. The van der Waals surface area contributed by atoms with Gasteiger partial charge in [0.2, 0.25) is 5.43 Å². The topological polar surface area (TPSA) is 78.6 Å². The van der Waals surface area contributed by atoms with Gasteiger partial charge < -0.3 is 13.9 Å². The summed E-state index contributed by atoms with van der Waals surface area (Å²) >= 11 is 1.44. The van der Waals surface area contributed by atoms with Crippen LogP contribution in [-0.2, 0) is 0 Å². The van der Waals surface area contributed by atoms with Gasteiger partial charge in [0, 0.05) is 6.07 Å². The maximum Gasteiger partial charge on any atom is 0.343 e. The normalized spacial score (nSPS) is 11.0. The van der Waals surface area contributed by atoms with E-state index in [-0.39, 0.29) is 11.2 Å². The molecule has 0 unspecified atom stereocenters. The van der Waals surface area contributed by atoms with Gasteiger partial charge in [-0.25, -0.2) is 9.78 Å². The number of rotatable bonds is 4. The second-order valence-corrected chi connectivity index (χ2v) is 7.77. The number of carbonyl (C=O) groups is 1. The second-order valence-electron chi connectivity index (χ2n) is 6.74. The van der Waals surface area contributed by atoms with Crippen molar-refractivity contribution in [3.8, 4) is 22.1 Å². The fraction of sp³-hybridized carbons (Fsp3) is 0.0417. The molecule has 0 spiro atoms. The molecule has 0 aliphatic carbocycles. The van der Waals surface area contributed by atoms with E-state index in [1.54, 1.807) is 43.5 Å². The molecule has 5 rings (SSSR count). The van der Waals surface area contributed by atoms with Crippen LogP contribution in [0.3, 0.4) is 0 Å². The van der Waals surface area contributed by atoms with E-state index in [0.717, 1.165) is 10.2 Å². The van der Waals surface area contributed by atoms with E-state index >= 15 is 0 Å². The van der Waals surface area contributed by atoms with Crippen molar-refractivity contribution >= 4 is 38.5 Å². The maximum atomic E-state index is 13.0. The number of thiazole rings is 1. The van der Waals surface area contributed by atoms with E-state index in [9.17, 15) is 9.59 Å². The van der Waals surface area contributed by atoms with Crippen LogP contribution >= 0.6 is 11.3 Å². The number of para-hydroxylation sites is 1. The number of ether oxygens (including phenoxy) is 2. The van der Waals surface area contributed by atoms with E-state index in [1.807, 2.05) is 24.3 Å². The Labute approximate surface area is 180 Å². The lowest BCUT2D eigenvalue weighted by atomic mass is 10.1. The van der Waals surface area contributed by atoms with Crippen LogP contribution in [-0.4, -0.2) is 18.1 Å². The summed E-state index contributed by atoms with van der Waals surface area (Å²) in [5, 5.41) is 0.993. The van der Waals surface area contributed by atoms with Crippen LogP contribution in [0.4, 0.5) is 0 Å². The lowest BCUT2D eigenvalue weighted by molar-refractivity contribution is 0.0735. The van der Waals surface area contributed by atoms with Gasteiger partial charge in [-0.05, 0) is 48.5 Å². The number of benzene rings is 3. The van der Waals surface area contributed by atoms with E-state index < -0.39 is 5.97 Å². The molecule has 0 saturated heterocycles. The maximum absolute atomic E-state index is 13.0. The Bertz CT molecular complexity index is 1450. The minimum atomic E-state index is -0.518. The number of aromatic nitrogens is 1. The number of hydrogen-bond donors (Lipinski definition) is 0. The standard InChI is InChI=1S/C24H15NO5S/c1-28-15-8-6-14(7-9-15)24(27)30-16-10-11-17-20(12-16)29-13-18(22(17)26)23-25-19-4-2-3-5-21(19)31-23/h2-13H,1H3. The van der Waals surface area contributed by atoms with Crippen LogP contribution in [0.1, 0.15) is 10.4 Å². The number of esters is 1. The predicted octanol–water partition coefficient (Wildman–Crippen LogP) is 5.30. The summed E-state index contributed by atoms with van der Waals surface area (Å²) < 4.78 is 17.2. The van der Waals surface area contributed by atoms with Gasteiger partial charge in [-0.3, -0.25) is 4.79 Å². The fourth-order valence-corrected chi connectivity index (χ4v) is 4.17. The number of carbonyl (C=O) groups excluding carboxylic acids is 1. The van der Waals surface area contributed by atoms with E-state index in [0.29, 0.717) is 32.9 Å². The fourth-order valence-electron chi connectivity index (χ4n) is 3.20. The summed E-state index contributed by atoms with van der Waals surface area (Å²) in [6.07, 6.45) is 1.40. The number of methoxy groups -OCH3 is 1. The highest BCUT2D eigenvalue weighted by Crippen LogP contribution is 2.30. The van der Waals surface area contributed by atoms with Gasteiger partial charge in [-0.2, -0.15) is 0 Å². The Morgan fingerprint density at radius 2 is 1.77 bits per heavy atom. The first kappa shape index (κ1) is 19.0. The number of nitrogens with zero attached hydrogens (tertiary/aromatic N) is 1. The van der Waals surface area contributed by atoms with Crippen LogP contribution in [0.5, 0.6) is 11.5 Å². The Balaban J connectivity index is 1.46. The van der Waals surface area contributed by atoms with E-state index in [2.05, 4.69) is 4.98 Å². The van der Waals surface area contributed by atoms with Gasteiger partial charge in [0.05, 0.1) is 33.8 Å². The summed E-state index contributed by atoms with van der Waals surface area (Å²) in [6, 6.07) is 19.0. The van der Waals surface area contributed by atoms with Gasteiger partial charge in [0.25, 0.3) is 0 Å². The first-order valence-corrected chi connectivity index (χ1v) is 10.2. The molecule has 3 aromatic carbocycles. The van der Waals surface area contributed by atoms with Crippen LogP contribution in [0.15, 0.2) is 82.2 Å². The molecule has 5 aromatic rings. The van der Waals surface area contributed by atoms with E-state index in [4.69, 9.17) is 13.9 Å². The minimum Gasteiger partial charge on any atom is -0.497 e. The zero-order valence-corrected chi connectivity index (χ0v) is 17.1. The number of hydrogen-bond acceptors (Lipinski definition) is 7. The van der Waals surface area contributed by atoms with Crippen molar-refractivity contribution in [2.45, 2.75) is 0 Å². The third kappa shape index (κ3) is 3.55. The van der Waals surface area contributed by atoms with Crippen molar-refractivity contribution < 1.29 is 18.7 Å². The Hall–Kier alpha value is -3.97. The first-order valence-electron chi connectivity index (χ1n) is 9.40. The molecule has 0 radical (unpaired) electrons. The van der Waals surface area contributed by atoms with Gasteiger partial charge in [0.1, 0.15) is 28.4 Å². The van der Waals surface area contributed by atoms with Gasteiger partial charge in [-0.1, -0.05) is 12.1 Å². The largest absolute Gasteiger partial charge is 0.497 e. The SMILES string of the molecule is COc1ccc(C(=O)Oc2ccc3c(=O)c(-c4nc5ccccc5s4)coc3c2)cc1. The average Bonchev–Trinajstić information content (AvgIpc) is 3.23. The smallest absolute Gasteiger partial charge is 0.343 e. The Kier molecular flexibility index (Phi) is 4.72. The van der Waals surface area contributed by atoms with Gasteiger partial charge >= 0.3 is 5.97 Å². The highest BCUT2D eigenvalue weighted by Gasteiger charge is 2.15. The third-order valence-corrected chi connectivity index (χ3v) is 5.88. The summed E-state index contributed by atoms with van der Waals surface area (Å²) in [7, 11) is 1.55. The third-order valence-electron chi connectivity index (χ3n) is 4.81. The average molecular weight is 429 g/mol. The molecule has 7 heteroatoms. The molecule has 0 saturated carbocycles. The molecular formula is C24H15NO5S. The van der Waals surface area contributed by atoms with Crippen LogP contribution in [0, 0.1) is 0 Å². The molecule has 2 aromatic heterocycles. The number of fused-ring (bicyclic) bond motifs is 2. The molecule has 0 amide bonds. The summed E-state index contributed by atoms with van der Waals surface area (Å²) in [4.78, 5) is 29.9. The lowest BCUT2D eigenvalue weighted by Crippen LogP contribution is -2.09. The highest BCUT2D eigenvalue weighted by molar-refractivity contribution is 7.21. The Morgan fingerprint density at radius 1 is 1.00 bits per heavy atom. The molecule has 0 aliphatic heterocycles. The quantitative estimate of drug-likeness (QED) is 0.285. The lowest BCUT2D eigenvalue weighted by Gasteiger charge is -2.06. The Morgan fingerprint density at radius 3 is 2.55 bits per heavy atom. The van der Waals surface area contributed by atoms with Crippen molar-refractivity contribution in [3.05, 3.63) is 88.8 Å². The molecule has 0 bridgehead atoms. The summed E-state index contributed by atoms with van der Waals surface area (Å²) in [5.41, 5.74) is 1.76. The molecule has 0 aliphatic rings. The zero-order chi connectivity index (χ0) is 21.4. The second kappa shape index (κ2) is 7.70. The van der Waals surface area contributed by atoms with Crippen molar-refractivity contribution in [3.63, 3.8) is 0 Å². The van der Waals surface area contributed by atoms with Crippen molar-refractivity contribution in [2.24, 2.45) is 0 Å². The summed E-state index contributed by atoms with van der Waals surface area (Å²) in [6.45, 7) is 0. The van der Waals surface area contributed by atoms with Crippen molar-refractivity contribution in [1.29, 1.82) is 0 Å². The van der Waals surface area contributed by atoms with Gasteiger partial charge in [0.15, 0.2) is 0 Å². The molecule has 31 heavy (non-hydrogen) atoms. The molecule has 2 heterocycles. The monoisotopic (exact) mass is 429 g/mol. The van der Waals surface area contributed by atoms with Crippen LogP contribution in [0.25, 0.3) is 31.8 Å². The minimum absolute atomic E-state index is 0.187. The molecule has 6 nitrogen and oxygen atoms in total. The summed E-state index contributed by atoms with van der Waals surface area (Å²) in [5.74, 6) is 0.410. The van der Waals surface area contributed by atoms with E-state index in [1.165, 1.54) is 23.7 Å². The van der Waals surface area contributed by atoms with Crippen molar-refractivity contribution in [1.82, 2.24) is 4.98 Å². The van der Waals surface area contributed by atoms with Gasteiger partial charge in [-0.15, -0.1) is 11.3 Å². The first-order chi connectivity index (χ1) is 15.1. The molecule has 0 atom stereocenters. The highest BCUT2D eigenvalue weighted by atomic mass is 32.1. The van der Waals surface area contributed by atoms with Crippen molar-refractivity contribution in [2.75, 3.05) is 7.11 Å².